The van der Waals surface area contributed by atoms with Crippen LogP contribution in [0.3, 0.4) is 0 Å². The van der Waals surface area contributed by atoms with Gasteiger partial charge < -0.3 is 20.1 Å². The van der Waals surface area contributed by atoms with E-state index in [-0.39, 0.29) is 17.9 Å². The zero-order valence-electron chi connectivity index (χ0n) is 16.9. The molecule has 11 heteroatoms. The maximum Gasteiger partial charge on any atom is 0.278 e. The van der Waals surface area contributed by atoms with E-state index < -0.39 is 23.4 Å². The Morgan fingerprint density at radius 1 is 1.03 bits per heavy atom. The molecule has 1 heterocycles. The van der Waals surface area contributed by atoms with Gasteiger partial charge in [0.2, 0.25) is 5.91 Å². The van der Waals surface area contributed by atoms with Crippen molar-refractivity contribution in [3.63, 3.8) is 0 Å². The van der Waals surface area contributed by atoms with Gasteiger partial charge in [0.15, 0.2) is 5.69 Å². The van der Waals surface area contributed by atoms with Crippen molar-refractivity contribution in [3.8, 4) is 11.5 Å². The highest BCUT2D eigenvalue weighted by Crippen LogP contribution is 2.29. The Bertz CT molecular complexity index is 1130. The zero-order chi connectivity index (χ0) is 22.5. The molecule has 9 nitrogen and oxygen atoms in total. The second-order valence-electron chi connectivity index (χ2n) is 6.37. The highest BCUT2D eigenvalue weighted by atomic mass is 19.1. The molecule has 0 atom stereocenters. The van der Waals surface area contributed by atoms with E-state index in [1.807, 2.05) is 0 Å². The summed E-state index contributed by atoms with van der Waals surface area (Å²) in [6, 6.07) is 7.69. The molecule has 0 saturated carbocycles. The van der Waals surface area contributed by atoms with Crippen LogP contribution in [-0.2, 0) is 11.3 Å². The number of rotatable bonds is 7. The number of nitrogens with zero attached hydrogens (tertiary/aromatic N) is 3. The van der Waals surface area contributed by atoms with Crippen molar-refractivity contribution in [1.29, 1.82) is 0 Å². The second kappa shape index (κ2) is 9.20. The molecule has 0 radical (unpaired) electrons. The van der Waals surface area contributed by atoms with Gasteiger partial charge in [-0.05, 0) is 31.2 Å². The number of methoxy groups -OCH3 is 2. The zero-order valence-corrected chi connectivity index (χ0v) is 16.9. The molecule has 3 aromatic rings. The number of halogens is 2. The van der Waals surface area contributed by atoms with E-state index in [1.54, 1.807) is 25.1 Å². The predicted octanol–water partition coefficient (Wildman–Crippen LogP) is 2.77. The minimum Gasteiger partial charge on any atom is -0.497 e. The van der Waals surface area contributed by atoms with Crippen molar-refractivity contribution >= 4 is 23.2 Å². The molecule has 0 unspecified atom stereocenters. The van der Waals surface area contributed by atoms with Crippen molar-refractivity contribution in [2.45, 2.75) is 13.5 Å². The maximum absolute atomic E-state index is 13.7. The van der Waals surface area contributed by atoms with Crippen molar-refractivity contribution < 1.29 is 27.8 Å². The van der Waals surface area contributed by atoms with Crippen molar-refractivity contribution in [3.05, 3.63) is 59.4 Å². The van der Waals surface area contributed by atoms with Crippen molar-refractivity contribution in [2.24, 2.45) is 0 Å². The van der Waals surface area contributed by atoms with Crippen LogP contribution in [0.1, 0.15) is 16.2 Å². The average Bonchev–Trinajstić information content (AvgIpc) is 3.10. The molecule has 31 heavy (non-hydrogen) atoms. The first-order chi connectivity index (χ1) is 14.8. The van der Waals surface area contributed by atoms with Crippen molar-refractivity contribution in [1.82, 2.24) is 15.0 Å². The molecule has 0 aliphatic carbocycles. The summed E-state index contributed by atoms with van der Waals surface area (Å²) in [6.07, 6.45) is 0. The van der Waals surface area contributed by atoms with Gasteiger partial charge in [0.05, 0.1) is 31.3 Å². The third-order valence-corrected chi connectivity index (χ3v) is 4.35. The second-order valence-corrected chi connectivity index (χ2v) is 6.37. The van der Waals surface area contributed by atoms with Crippen LogP contribution in [-0.4, -0.2) is 41.0 Å². The van der Waals surface area contributed by atoms with Crippen LogP contribution >= 0.6 is 0 Å². The van der Waals surface area contributed by atoms with E-state index in [2.05, 4.69) is 20.9 Å². The molecule has 2 amide bonds. The number of carbonyl (C=O) groups is 2. The summed E-state index contributed by atoms with van der Waals surface area (Å²) < 4.78 is 38.2. The Balaban J connectivity index is 1.72. The number of nitrogens with one attached hydrogen (secondary N) is 2. The lowest BCUT2D eigenvalue weighted by atomic mass is 10.2. The molecule has 0 bridgehead atoms. The first-order valence-electron chi connectivity index (χ1n) is 9.00. The topological polar surface area (TPSA) is 107 Å². The summed E-state index contributed by atoms with van der Waals surface area (Å²) >= 11 is 0. The van der Waals surface area contributed by atoms with Crippen LogP contribution < -0.4 is 20.1 Å². The number of ether oxygens (including phenoxy) is 2. The van der Waals surface area contributed by atoms with Gasteiger partial charge in [0.1, 0.15) is 29.7 Å². The lowest BCUT2D eigenvalue weighted by molar-refractivity contribution is -0.117. The van der Waals surface area contributed by atoms with Crippen LogP contribution in [0.5, 0.6) is 11.5 Å². The van der Waals surface area contributed by atoms with E-state index in [0.717, 1.165) is 12.1 Å². The number of hydrogen-bond donors (Lipinski definition) is 2. The highest BCUT2D eigenvalue weighted by Gasteiger charge is 2.20. The molecule has 2 aromatic carbocycles. The van der Waals surface area contributed by atoms with Gasteiger partial charge in [0.25, 0.3) is 5.91 Å². The van der Waals surface area contributed by atoms with Gasteiger partial charge >= 0.3 is 0 Å². The SMILES string of the molecule is COc1ccc(OC)c(NC(=O)c2nnn(CC(=O)Nc3ccc(F)cc3F)c2C)c1. The first kappa shape index (κ1) is 21.7. The van der Waals surface area contributed by atoms with Crippen molar-refractivity contribution in [2.75, 3.05) is 24.9 Å². The molecule has 1 aromatic heterocycles. The van der Waals surface area contributed by atoms with Crippen LogP contribution in [0, 0.1) is 18.6 Å². The number of amides is 2. The van der Waals surface area contributed by atoms with Gasteiger partial charge in [-0.15, -0.1) is 5.10 Å². The molecule has 0 aliphatic heterocycles. The molecule has 0 spiro atoms. The largest absolute Gasteiger partial charge is 0.497 e. The predicted molar refractivity (Wildman–Crippen MR) is 107 cm³/mol. The van der Waals surface area contributed by atoms with Gasteiger partial charge in [0, 0.05) is 12.1 Å². The Kier molecular flexibility index (Phi) is 6.43. The summed E-state index contributed by atoms with van der Waals surface area (Å²) in [5, 5.41) is 12.6. The first-order valence-corrected chi connectivity index (χ1v) is 9.00. The van der Waals surface area contributed by atoms with E-state index in [4.69, 9.17) is 9.47 Å². The number of carbonyl (C=O) groups excluding carboxylic acids is 2. The smallest absolute Gasteiger partial charge is 0.278 e. The molecule has 162 valence electrons. The fourth-order valence-electron chi connectivity index (χ4n) is 2.73. The van der Waals surface area contributed by atoms with E-state index in [1.165, 1.54) is 18.9 Å². The van der Waals surface area contributed by atoms with Gasteiger partial charge in [-0.3, -0.25) is 9.59 Å². The highest BCUT2D eigenvalue weighted by molar-refractivity contribution is 6.04. The Morgan fingerprint density at radius 2 is 1.81 bits per heavy atom. The lowest BCUT2D eigenvalue weighted by Gasteiger charge is -2.11. The summed E-state index contributed by atoms with van der Waals surface area (Å²) in [6.45, 7) is 1.23. The maximum atomic E-state index is 13.7. The van der Waals surface area contributed by atoms with Crippen LogP contribution in [0.25, 0.3) is 0 Å². The molecular weight excluding hydrogens is 412 g/mol. The summed E-state index contributed by atoms with van der Waals surface area (Å²) in [5.41, 5.74) is 0.498. The molecular formula is C20H19F2N5O4. The monoisotopic (exact) mass is 431 g/mol. The third kappa shape index (κ3) is 4.94. The summed E-state index contributed by atoms with van der Waals surface area (Å²) in [7, 11) is 2.95. The Morgan fingerprint density at radius 3 is 2.48 bits per heavy atom. The van der Waals surface area contributed by atoms with Crippen LogP contribution in [0.15, 0.2) is 36.4 Å². The van der Waals surface area contributed by atoms with Crippen LogP contribution in [0.2, 0.25) is 0 Å². The number of hydrogen-bond acceptors (Lipinski definition) is 6. The molecule has 0 fully saturated rings. The van der Waals surface area contributed by atoms with E-state index in [0.29, 0.717) is 28.9 Å². The molecule has 2 N–H and O–H groups in total. The number of anilines is 2. The van der Waals surface area contributed by atoms with Crippen LogP contribution in [0.4, 0.5) is 20.2 Å². The fourth-order valence-corrected chi connectivity index (χ4v) is 2.73. The van der Waals surface area contributed by atoms with E-state index >= 15 is 0 Å². The molecule has 0 aliphatic rings. The summed E-state index contributed by atoms with van der Waals surface area (Å²) in [5.74, 6) is -1.93. The normalized spacial score (nSPS) is 10.5. The lowest BCUT2D eigenvalue weighted by Crippen LogP contribution is -2.21. The standard InChI is InChI=1S/C20H19F2N5O4/c1-11-19(20(29)24-16-9-13(30-2)5-7-17(16)31-3)25-26-27(11)10-18(28)23-15-6-4-12(21)8-14(15)22/h4-9H,10H2,1-3H3,(H,23,28)(H,24,29). The average molecular weight is 431 g/mol. The van der Waals surface area contributed by atoms with Gasteiger partial charge in [-0.2, -0.15) is 0 Å². The Hall–Kier alpha value is -4.02. The fraction of sp³-hybridized carbons (Fsp3) is 0.200. The quantitative estimate of drug-likeness (QED) is 0.596. The van der Waals surface area contributed by atoms with Gasteiger partial charge in [-0.25, -0.2) is 13.5 Å². The number of benzene rings is 2. The molecule has 0 saturated heterocycles. The Labute approximate surface area is 176 Å². The van der Waals surface area contributed by atoms with E-state index in [9.17, 15) is 18.4 Å². The van der Waals surface area contributed by atoms with Gasteiger partial charge in [-0.1, -0.05) is 5.21 Å². The minimum absolute atomic E-state index is 0.00867. The number of aromatic nitrogens is 3. The third-order valence-electron chi connectivity index (χ3n) is 4.35. The minimum atomic E-state index is -0.907. The summed E-state index contributed by atoms with van der Waals surface area (Å²) in [4.78, 5) is 24.9. The molecule has 3 rings (SSSR count).